The number of carbonyl (C=O) groups is 1. The van der Waals surface area contributed by atoms with E-state index in [0.29, 0.717) is 31.4 Å². The molecule has 0 bridgehead atoms. The maximum absolute atomic E-state index is 14.3. The zero-order valence-electron chi connectivity index (χ0n) is 19.0. The van der Waals surface area contributed by atoms with Gasteiger partial charge < -0.3 is 20.1 Å². The Hall–Kier alpha value is -2.50. The molecule has 2 aromatic rings. The lowest BCUT2D eigenvalue weighted by Crippen LogP contribution is -2.40. The van der Waals surface area contributed by atoms with E-state index >= 15 is 0 Å². The van der Waals surface area contributed by atoms with Gasteiger partial charge in [0.2, 0.25) is 0 Å². The molecule has 0 saturated heterocycles. The summed E-state index contributed by atoms with van der Waals surface area (Å²) in [7, 11) is 0. The van der Waals surface area contributed by atoms with Gasteiger partial charge in [0.15, 0.2) is 11.5 Å². The van der Waals surface area contributed by atoms with Crippen LogP contribution in [0.15, 0.2) is 22.7 Å². The van der Waals surface area contributed by atoms with E-state index in [4.69, 9.17) is 4.52 Å². The van der Waals surface area contributed by atoms with Crippen LogP contribution in [0.1, 0.15) is 61.1 Å². The summed E-state index contributed by atoms with van der Waals surface area (Å²) in [6.45, 7) is 3.96. The highest BCUT2D eigenvalue weighted by atomic mass is 19.4. The Morgan fingerprint density at radius 1 is 1.32 bits per heavy atom. The van der Waals surface area contributed by atoms with Crippen molar-refractivity contribution < 1.29 is 37.1 Å². The molecular formula is C23H29F4N3O4. The molecule has 3 rings (SSSR count). The average Bonchev–Trinajstić information content (AvgIpc) is 3.16. The van der Waals surface area contributed by atoms with Gasteiger partial charge in [-0.25, -0.2) is 4.39 Å². The molecule has 0 aliphatic heterocycles. The van der Waals surface area contributed by atoms with E-state index in [2.05, 4.69) is 10.5 Å². The zero-order chi connectivity index (χ0) is 25.0. The molecule has 7 nitrogen and oxygen atoms in total. The molecule has 11 heteroatoms. The van der Waals surface area contributed by atoms with Gasteiger partial charge >= 0.3 is 6.18 Å². The number of hydrogen-bond donors (Lipinski definition) is 3. The molecule has 34 heavy (non-hydrogen) atoms. The van der Waals surface area contributed by atoms with Crippen molar-refractivity contribution in [2.24, 2.45) is 0 Å². The van der Waals surface area contributed by atoms with Crippen molar-refractivity contribution in [2.45, 2.75) is 70.4 Å². The highest BCUT2D eigenvalue weighted by Crippen LogP contribution is 2.35. The van der Waals surface area contributed by atoms with Crippen molar-refractivity contribution in [1.82, 2.24) is 15.4 Å². The Kier molecular flexibility index (Phi) is 8.32. The van der Waals surface area contributed by atoms with Crippen molar-refractivity contribution in [2.75, 3.05) is 13.2 Å². The van der Waals surface area contributed by atoms with Gasteiger partial charge in [-0.3, -0.25) is 9.69 Å². The fourth-order valence-corrected chi connectivity index (χ4v) is 4.15. The fraction of sp³-hybridized carbons (Fsp3) is 0.565. The third-order valence-electron chi connectivity index (χ3n) is 6.00. The van der Waals surface area contributed by atoms with Crippen LogP contribution in [0.2, 0.25) is 0 Å². The minimum absolute atomic E-state index is 0.00726. The number of aliphatic hydroxyl groups excluding tert-OH is 2. The normalized spacial score (nSPS) is 19.1. The fourth-order valence-electron chi connectivity index (χ4n) is 4.15. The standard InChI is InChI=1S/C23H29F4N3O4/c1-13(2)30(8-9-31)12-17-20(22(33)28-15-4-3-5-16(32)11-15)29-34-21(17)14-6-7-18(19(24)10-14)23(25,26)27/h6-7,10,13,15-16,31-32H,3-5,8-9,11-12H2,1-2H3,(H,28,33). The first-order valence-corrected chi connectivity index (χ1v) is 11.2. The Labute approximate surface area is 194 Å². The maximum Gasteiger partial charge on any atom is 0.419 e. The predicted molar refractivity (Wildman–Crippen MR) is 115 cm³/mol. The molecule has 0 radical (unpaired) electrons. The van der Waals surface area contributed by atoms with Gasteiger partial charge in [-0.2, -0.15) is 13.2 Å². The lowest BCUT2D eigenvalue weighted by Gasteiger charge is -2.27. The van der Waals surface area contributed by atoms with E-state index in [1.165, 1.54) is 0 Å². The van der Waals surface area contributed by atoms with Crippen molar-refractivity contribution in [3.63, 3.8) is 0 Å². The third-order valence-corrected chi connectivity index (χ3v) is 6.00. The molecule has 1 fully saturated rings. The highest BCUT2D eigenvalue weighted by molar-refractivity contribution is 5.95. The maximum atomic E-state index is 14.3. The van der Waals surface area contributed by atoms with E-state index in [1.807, 2.05) is 18.7 Å². The molecule has 0 spiro atoms. The number of amides is 1. The molecule has 1 heterocycles. The van der Waals surface area contributed by atoms with Crippen LogP contribution in [0.5, 0.6) is 0 Å². The van der Waals surface area contributed by atoms with Crippen LogP contribution in [0.25, 0.3) is 11.3 Å². The average molecular weight is 487 g/mol. The van der Waals surface area contributed by atoms with Gasteiger partial charge in [0.25, 0.3) is 5.91 Å². The lowest BCUT2D eigenvalue weighted by molar-refractivity contribution is -0.139. The zero-order valence-corrected chi connectivity index (χ0v) is 19.0. The van der Waals surface area contributed by atoms with Crippen LogP contribution in [-0.2, 0) is 12.7 Å². The number of nitrogens with one attached hydrogen (secondary N) is 1. The summed E-state index contributed by atoms with van der Waals surface area (Å²) >= 11 is 0. The summed E-state index contributed by atoms with van der Waals surface area (Å²) in [5, 5.41) is 26.0. The van der Waals surface area contributed by atoms with E-state index < -0.39 is 29.6 Å². The van der Waals surface area contributed by atoms with E-state index in [1.54, 1.807) is 0 Å². The number of aliphatic hydroxyl groups is 2. The first-order chi connectivity index (χ1) is 16.0. The van der Waals surface area contributed by atoms with Crippen LogP contribution >= 0.6 is 0 Å². The Morgan fingerprint density at radius 2 is 2.06 bits per heavy atom. The van der Waals surface area contributed by atoms with Crippen LogP contribution < -0.4 is 5.32 Å². The Balaban J connectivity index is 1.98. The monoisotopic (exact) mass is 487 g/mol. The molecule has 1 amide bonds. The molecule has 1 saturated carbocycles. The van der Waals surface area contributed by atoms with Gasteiger partial charge in [0.1, 0.15) is 5.82 Å². The Bertz CT molecular complexity index is 993. The highest BCUT2D eigenvalue weighted by Gasteiger charge is 2.35. The number of nitrogens with zero attached hydrogens (tertiary/aromatic N) is 2. The summed E-state index contributed by atoms with van der Waals surface area (Å²) in [5.41, 5.74) is -1.20. The molecule has 2 atom stereocenters. The summed E-state index contributed by atoms with van der Waals surface area (Å²) < 4.78 is 58.6. The summed E-state index contributed by atoms with van der Waals surface area (Å²) in [4.78, 5) is 14.9. The molecule has 1 aliphatic carbocycles. The molecule has 1 aromatic carbocycles. The van der Waals surface area contributed by atoms with Gasteiger partial charge in [-0.15, -0.1) is 0 Å². The van der Waals surface area contributed by atoms with Crippen LogP contribution in [0, 0.1) is 5.82 Å². The molecular weight excluding hydrogens is 458 g/mol. The Morgan fingerprint density at radius 3 is 2.65 bits per heavy atom. The SMILES string of the molecule is CC(C)N(CCO)Cc1c(C(=O)NC2CCCC(O)C2)noc1-c1ccc(C(F)(F)F)c(F)c1. The third kappa shape index (κ3) is 6.13. The second-order valence-electron chi connectivity index (χ2n) is 8.81. The second kappa shape index (κ2) is 10.8. The van der Waals surface area contributed by atoms with E-state index in [-0.39, 0.29) is 54.4 Å². The van der Waals surface area contributed by atoms with Gasteiger partial charge in [-0.1, -0.05) is 11.2 Å². The summed E-state index contributed by atoms with van der Waals surface area (Å²) in [6.07, 6.45) is -2.85. The molecule has 188 valence electrons. The lowest BCUT2D eigenvalue weighted by atomic mass is 9.93. The largest absolute Gasteiger partial charge is 0.419 e. The second-order valence-corrected chi connectivity index (χ2v) is 8.81. The summed E-state index contributed by atoms with van der Waals surface area (Å²) in [5.74, 6) is -2.04. The van der Waals surface area contributed by atoms with E-state index in [9.17, 15) is 32.6 Å². The van der Waals surface area contributed by atoms with Crippen molar-refractivity contribution >= 4 is 5.91 Å². The number of aromatic nitrogens is 1. The number of rotatable bonds is 8. The summed E-state index contributed by atoms with van der Waals surface area (Å²) in [6, 6.07) is 2.09. The molecule has 1 aliphatic rings. The van der Waals surface area contributed by atoms with Crippen LogP contribution in [0.4, 0.5) is 17.6 Å². The number of alkyl halides is 3. The van der Waals surface area contributed by atoms with Gasteiger partial charge in [0.05, 0.1) is 18.3 Å². The molecule has 1 aromatic heterocycles. The van der Waals surface area contributed by atoms with Crippen molar-refractivity contribution in [3.8, 4) is 11.3 Å². The first-order valence-electron chi connectivity index (χ1n) is 11.2. The first kappa shape index (κ1) is 26.1. The molecule has 3 N–H and O–H groups in total. The number of hydrogen-bond acceptors (Lipinski definition) is 6. The van der Waals surface area contributed by atoms with E-state index in [0.717, 1.165) is 12.5 Å². The minimum atomic E-state index is -4.85. The van der Waals surface area contributed by atoms with Crippen LogP contribution in [0.3, 0.4) is 0 Å². The number of benzene rings is 1. The predicted octanol–water partition coefficient (Wildman–Crippen LogP) is 3.74. The van der Waals surface area contributed by atoms with Gasteiger partial charge in [-0.05, 0) is 51.7 Å². The van der Waals surface area contributed by atoms with Crippen molar-refractivity contribution in [3.05, 3.63) is 40.8 Å². The number of carbonyl (C=O) groups excluding carboxylic acids is 1. The van der Waals surface area contributed by atoms with Crippen LogP contribution in [-0.4, -0.2) is 57.5 Å². The minimum Gasteiger partial charge on any atom is -0.395 e. The topological polar surface area (TPSA) is 98.8 Å². The number of halogens is 4. The van der Waals surface area contributed by atoms with Gasteiger partial charge in [0, 0.05) is 36.3 Å². The smallest absolute Gasteiger partial charge is 0.395 e. The molecule has 2 unspecified atom stereocenters. The quantitative estimate of drug-likeness (QED) is 0.491. The van der Waals surface area contributed by atoms with Crippen molar-refractivity contribution in [1.29, 1.82) is 0 Å².